The van der Waals surface area contributed by atoms with Crippen molar-refractivity contribution >= 4 is 10.0 Å². The summed E-state index contributed by atoms with van der Waals surface area (Å²) in [5.41, 5.74) is 0.0221. The summed E-state index contributed by atoms with van der Waals surface area (Å²) in [4.78, 5) is -0.0259. The Morgan fingerprint density at radius 3 is 2.36 bits per heavy atom. The molecule has 1 aromatic rings. The number of piperidine rings is 1. The van der Waals surface area contributed by atoms with Crippen LogP contribution in [0.5, 0.6) is 0 Å². The predicted molar refractivity (Wildman–Crippen MR) is 74.7 cm³/mol. The number of rotatable bonds is 3. The molecule has 0 saturated carbocycles. The van der Waals surface area contributed by atoms with Gasteiger partial charge >= 0.3 is 6.18 Å². The number of benzene rings is 1. The molecular weight excluding hydrogens is 319 g/mol. The van der Waals surface area contributed by atoms with Crippen LogP contribution in [0.25, 0.3) is 0 Å². The Kier molecular flexibility index (Phi) is 4.84. The molecule has 124 valence electrons. The first-order valence-electron chi connectivity index (χ1n) is 6.93. The highest BCUT2D eigenvalue weighted by Crippen LogP contribution is 2.26. The van der Waals surface area contributed by atoms with Crippen molar-refractivity contribution in [3.63, 3.8) is 0 Å². The number of aliphatic hydroxyl groups excluding tert-OH is 1. The summed E-state index contributed by atoms with van der Waals surface area (Å²) in [6.07, 6.45) is -5.58. The minimum Gasteiger partial charge on any atom is -0.393 e. The molecular formula is C14H18F3NO3S. The van der Waals surface area contributed by atoms with Crippen molar-refractivity contribution in [3.05, 3.63) is 29.8 Å². The lowest BCUT2D eigenvalue weighted by atomic mass is 9.99. The van der Waals surface area contributed by atoms with Crippen molar-refractivity contribution in [3.8, 4) is 0 Å². The molecule has 1 N–H and O–H groups in total. The molecule has 1 saturated heterocycles. The topological polar surface area (TPSA) is 57.6 Å². The largest absolute Gasteiger partial charge is 0.393 e. The number of alkyl halides is 3. The fraction of sp³-hybridized carbons (Fsp3) is 0.571. The third kappa shape index (κ3) is 3.99. The molecule has 22 heavy (non-hydrogen) atoms. The van der Waals surface area contributed by atoms with Gasteiger partial charge in [0.1, 0.15) is 0 Å². The summed E-state index contributed by atoms with van der Waals surface area (Å²) in [7, 11) is -3.74. The SMILES string of the molecule is C[C@@H]1CN(S(=O)(=O)c2ccc(CC(F)(F)F)cc2)CC[C@@H]1O. The second-order valence-corrected chi connectivity index (χ2v) is 7.57. The van der Waals surface area contributed by atoms with Crippen LogP contribution in [-0.2, 0) is 16.4 Å². The highest BCUT2D eigenvalue weighted by atomic mass is 32.2. The van der Waals surface area contributed by atoms with E-state index in [4.69, 9.17) is 0 Å². The van der Waals surface area contributed by atoms with E-state index in [1.165, 1.54) is 28.6 Å². The van der Waals surface area contributed by atoms with Crippen molar-refractivity contribution in [2.24, 2.45) is 5.92 Å². The van der Waals surface area contributed by atoms with E-state index < -0.39 is 28.7 Å². The molecule has 1 aromatic carbocycles. The first-order chi connectivity index (χ1) is 10.1. The standard InChI is InChI=1S/C14H18F3NO3S/c1-10-9-18(7-6-13(10)19)22(20,21)12-4-2-11(3-5-12)8-14(15,16)17/h2-5,10,13,19H,6-9H2,1H3/t10-,13+/m1/s1. The van der Waals surface area contributed by atoms with E-state index in [2.05, 4.69) is 0 Å². The van der Waals surface area contributed by atoms with Crippen molar-refractivity contribution in [2.45, 2.75) is 36.9 Å². The van der Waals surface area contributed by atoms with Crippen LogP contribution in [0, 0.1) is 5.92 Å². The van der Waals surface area contributed by atoms with Gasteiger partial charge in [-0.3, -0.25) is 0 Å². The first kappa shape index (κ1) is 17.2. The zero-order valence-electron chi connectivity index (χ0n) is 12.0. The smallest absolute Gasteiger partial charge is 0.393 e. The normalized spacial score (nSPS) is 24.4. The summed E-state index contributed by atoms with van der Waals surface area (Å²) in [5.74, 6) is -0.173. The Balaban J connectivity index is 2.16. The second-order valence-electron chi connectivity index (χ2n) is 5.63. The fourth-order valence-corrected chi connectivity index (χ4v) is 4.03. The van der Waals surface area contributed by atoms with E-state index in [1.54, 1.807) is 6.92 Å². The van der Waals surface area contributed by atoms with Crippen LogP contribution in [-0.4, -0.2) is 43.2 Å². The average molecular weight is 337 g/mol. The summed E-state index contributed by atoms with van der Waals surface area (Å²) in [6, 6.07) is 4.77. The maximum absolute atomic E-state index is 12.5. The molecule has 0 aromatic heterocycles. The molecule has 0 aliphatic carbocycles. The van der Waals surface area contributed by atoms with Crippen LogP contribution in [0.3, 0.4) is 0 Å². The van der Waals surface area contributed by atoms with Crippen molar-refractivity contribution in [1.29, 1.82) is 0 Å². The zero-order valence-corrected chi connectivity index (χ0v) is 12.9. The molecule has 0 amide bonds. The lowest BCUT2D eigenvalue weighted by Crippen LogP contribution is -2.44. The van der Waals surface area contributed by atoms with Crippen molar-refractivity contribution < 1.29 is 26.7 Å². The molecule has 2 rings (SSSR count). The lowest BCUT2D eigenvalue weighted by Gasteiger charge is -2.33. The van der Waals surface area contributed by atoms with Gasteiger partial charge in [0.2, 0.25) is 10.0 Å². The van der Waals surface area contributed by atoms with Crippen LogP contribution in [0.15, 0.2) is 29.2 Å². The number of hydrogen-bond donors (Lipinski definition) is 1. The van der Waals surface area contributed by atoms with Crippen LogP contribution in [0.2, 0.25) is 0 Å². The van der Waals surface area contributed by atoms with Crippen molar-refractivity contribution in [2.75, 3.05) is 13.1 Å². The monoisotopic (exact) mass is 337 g/mol. The van der Waals surface area contributed by atoms with Crippen LogP contribution in [0.4, 0.5) is 13.2 Å². The lowest BCUT2D eigenvalue weighted by molar-refractivity contribution is -0.127. The molecule has 4 nitrogen and oxygen atoms in total. The number of nitrogens with zero attached hydrogens (tertiary/aromatic N) is 1. The van der Waals surface area contributed by atoms with Crippen LogP contribution in [0.1, 0.15) is 18.9 Å². The summed E-state index contributed by atoms with van der Waals surface area (Å²) >= 11 is 0. The quantitative estimate of drug-likeness (QED) is 0.920. The molecule has 2 atom stereocenters. The van der Waals surface area contributed by atoms with Crippen LogP contribution >= 0.6 is 0 Å². The van der Waals surface area contributed by atoms with Gasteiger partial charge in [-0.2, -0.15) is 17.5 Å². The minimum absolute atomic E-state index is 0.0221. The maximum atomic E-state index is 12.5. The highest BCUT2D eigenvalue weighted by molar-refractivity contribution is 7.89. The van der Waals surface area contributed by atoms with Gasteiger partial charge in [-0.05, 0) is 30.0 Å². The average Bonchev–Trinajstić information content (AvgIpc) is 2.40. The molecule has 1 aliphatic heterocycles. The van der Waals surface area contributed by atoms with Gasteiger partial charge in [0.05, 0.1) is 17.4 Å². The van der Waals surface area contributed by atoms with Gasteiger partial charge in [-0.15, -0.1) is 0 Å². The number of halogens is 3. The predicted octanol–water partition coefficient (Wildman–Crippen LogP) is 2.18. The number of sulfonamides is 1. The summed E-state index contributed by atoms with van der Waals surface area (Å²) in [6.45, 7) is 2.17. The highest BCUT2D eigenvalue weighted by Gasteiger charge is 2.33. The Hall–Kier alpha value is -1.12. The van der Waals surface area contributed by atoms with Crippen molar-refractivity contribution in [1.82, 2.24) is 4.31 Å². The third-order valence-electron chi connectivity index (χ3n) is 3.79. The molecule has 0 unspecified atom stereocenters. The molecule has 0 bridgehead atoms. The molecule has 1 aliphatic rings. The van der Waals surface area contributed by atoms with E-state index in [0.717, 1.165) is 0 Å². The number of hydrogen-bond acceptors (Lipinski definition) is 3. The molecule has 0 spiro atoms. The van der Waals surface area contributed by atoms with Gasteiger partial charge < -0.3 is 5.11 Å². The van der Waals surface area contributed by atoms with Crippen LogP contribution < -0.4 is 0 Å². The van der Waals surface area contributed by atoms with E-state index in [1.807, 2.05) is 0 Å². The Labute approximate surface area is 127 Å². The van der Waals surface area contributed by atoms with Gasteiger partial charge in [0, 0.05) is 13.1 Å². The Morgan fingerprint density at radius 1 is 1.27 bits per heavy atom. The maximum Gasteiger partial charge on any atom is 0.393 e. The zero-order chi connectivity index (χ0) is 16.5. The Morgan fingerprint density at radius 2 is 1.86 bits per heavy atom. The van der Waals surface area contributed by atoms with Gasteiger partial charge in [-0.1, -0.05) is 19.1 Å². The summed E-state index contributed by atoms with van der Waals surface area (Å²) in [5, 5.41) is 9.65. The Bertz CT molecular complexity index is 613. The van der Waals surface area contributed by atoms with E-state index >= 15 is 0 Å². The third-order valence-corrected chi connectivity index (χ3v) is 5.67. The van der Waals surface area contributed by atoms with E-state index in [9.17, 15) is 26.7 Å². The van der Waals surface area contributed by atoms with Gasteiger partial charge in [0.25, 0.3) is 0 Å². The van der Waals surface area contributed by atoms with Gasteiger partial charge in [0.15, 0.2) is 0 Å². The van der Waals surface area contributed by atoms with E-state index in [-0.39, 0.29) is 29.5 Å². The summed E-state index contributed by atoms with van der Waals surface area (Å²) < 4.78 is 63.1. The molecule has 0 radical (unpaired) electrons. The minimum atomic E-state index is -4.32. The fourth-order valence-electron chi connectivity index (χ4n) is 2.47. The van der Waals surface area contributed by atoms with Gasteiger partial charge in [-0.25, -0.2) is 8.42 Å². The van der Waals surface area contributed by atoms with E-state index in [0.29, 0.717) is 6.42 Å². The second kappa shape index (κ2) is 6.17. The first-order valence-corrected chi connectivity index (χ1v) is 8.37. The molecule has 1 fully saturated rings. The molecule has 1 heterocycles. The number of aliphatic hydroxyl groups is 1. The molecule has 8 heteroatoms.